The SMILES string of the molecule is Cc1cnc(-c2nc(CC(C)C)cc(=O)[nH]2)nc1. The third kappa shape index (κ3) is 3.00. The van der Waals surface area contributed by atoms with Gasteiger partial charge in [-0.1, -0.05) is 13.8 Å². The molecule has 0 aliphatic rings. The molecule has 2 aromatic rings. The molecule has 0 aliphatic heterocycles. The second-order valence-electron chi connectivity index (χ2n) is 4.77. The standard InChI is InChI=1S/C13H16N4O/c1-8(2)4-10-5-11(18)17-13(16-10)12-14-6-9(3)7-15-12/h5-8H,4H2,1-3H3,(H,16,17,18). The highest BCUT2D eigenvalue weighted by Crippen LogP contribution is 2.09. The first kappa shape index (κ1) is 12.4. The molecule has 2 heterocycles. The minimum absolute atomic E-state index is 0.167. The van der Waals surface area contributed by atoms with Crippen molar-refractivity contribution in [2.24, 2.45) is 5.92 Å². The zero-order valence-corrected chi connectivity index (χ0v) is 10.8. The molecule has 0 radical (unpaired) electrons. The van der Waals surface area contributed by atoms with Crippen LogP contribution in [0.3, 0.4) is 0 Å². The van der Waals surface area contributed by atoms with Crippen molar-refractivity contribution in [3.8, 4) is 11.6 Å². The van der Waals surface area contributed by atoms with Gasteiger partial charge in [-0.05, 0) is 24.8 Å². The fourth-order valence-electron chi connectivity index (χ4n) is 1.65. The van der Waals surface area contributed by atoms with Gasteiger partial charge in [-0.2, -0.15) is 0 Å². The van der Waals surface area contributed by atoms with Gasteiger partial charge in [0.1, 0.15) is 0 Å². The molecule has 18 heavy (non-hydrogen) atoms. The van der Waals surface area contributed by atoms with Crippen LogP contribution >= 0.6 is 0 Å². The monoisotopic (exact) mass is 244 g/mol. The van der Waals surface area contributed by atoms with Gasteiger partial charge in [0, 0.05) is 24.2 Å². The summed E-state index contributed by atoms with van der Waals surface area (Å²) in [7, 11) is 0. The van der Waals surface area contributed by atoms with E-state index in [1.54, 1.807) is 12.4 Å². The van der Waals surface area contributed by atoms with Crippen LogP contribution in [0.1, 0.15) is 25.1 Å². The van der Waals surface area contributed by atoms with E-state index in [0.717, 1.165) is 17.7 Å². The Bertz CT molecular complexity index is 587. The first-order valence-corrected chi connectivity index (χ1v) is 5.94. The topological polar surface area (TPSA) is 71.5 Å². The second-order valence-corrected chi connectivity index (χ2v) is 4.77. The van der Waals surface area contributed by atoms with Crippen molar-refractivity contribution < 1.29 is 0 Å². The van der Waals surface area contributed by atoms with E-state index in [-0.39, 0.29) is 5.56 Å². The second kappa shape index (κ2) is 5.08. The Morgan fingerprint density at radius 2 is 1.94 bits per heavy atom. The molecule has 0 atom stereocenters. The predicted molar refractivity (Wildman–Crippen MR) is 69.2 cm³/mol. The van der Waals surface area contributed by atoms with Crippen LogP contribution in [-0.2, 0) is 6.42 Å². The van der Waals surface area contributed by atoms with Crippen LogP contribution in [0.2, 0.25) is 0 Å². The lowest BCUT2D eigenvalue weighted by atomic mass is 10.1. The molecule has 94 valence electrons. The third-order valence-corrected chi connectivity index (χ3v) is 2.40. The number of nitrogens with zero attached hydrogens (tertiary/aromatic N) is 3. The van der Waals surface area contributed by atoms with Crippen LogP contribution in [-0.4, -0.2) is 19.9 Å². The average molecular weight is 244 g/mol. The van der Waals surface area contributed by atoms with E-state index in [1.807, 2.05) is 6.92 Å². The molecule has 0 bridgehead atoms. The van der Waals surface area contributed by atoms with Crippen LogP contribution in [0.25, 0.3) is 11.6 Å². The summed E-state index contributed by atoms with van der Waals surface area (Å²) in [4.78, 5) is 27.0. The molecule has 0 saturated heterocycles. The van der Waals surface area contributed by atoms with Gasteiger partial charge < -0.3 is 4.98 Å². The number of hydrogen-bond acceptors (Lipinski definition) is 4. The summed E-state index contributed by atoms with van der Waals surface area (Å²) in [6, 6.07) is 1.53. The van der Waals surface area contributed by atoms with Crippen LogP contribution in [0.15, 0.2) is 23.3 Å². The summed E-state index contributed by atoms with van der Waals surface area (Å²) in [6.07, 6.45) is 4.18. The van der Waals surface area contributed by atoms with Gasteiger partial charge in [0.15, 0.2) is 11.6 Å². The molecule has 0 aromatic carbocycles. The predicted octanol–water partition coefficient (Wildman–Crippen LogP) is 1.73. The molecule has 0 unspecified atom stereocenters. The summed E-state index contributed by atoms with van der Waals surface area (Å²) >= 11 is 0. The molecule has 5 nitrogen and oxygen atoms in total. The van der Waals surface area contributed by atoms with E-state index in [2.05, 4.69) is 33.8 Å². The molecule has 0 amide bonds. The van der Waals surface area contributed by atoms with Crippen LogP contribution in [0, 0.1) is 12.8 Å². The first-order chi connectivity index (χ1) is 8.54. The van der Waals surface area contributed by atoms with Gasteiger partial charge in [0.05, 0.1) is 0 Å². The normalized spacial score (nSPS) is 10.9. The summed E-state index contributed by atoms with van der Waals surface area (Å²) in [6.45, 7) is 6.09. The minimum atomic E-state index is -0.167. The molecule has 0 saturated carbocycles. The Labute approximate surface area is 105 Å². The van der Waals surface area contributed by atoms with Gasteiger partial charge in [-0.25, -0.2) is 15.0 Å². The van der Waals surface area contributed by atoms with E-state index in [4.69, 9.17) is 0 Å². The smallest absolute Gasteiger partial charge is 0.251 e. The number of nitrogens with one attached hydrogen (secondary N) is 1. The summed E-state index contributed by atoms with van der Waals surface area (Å²) in [5.41, 5.74) is 1.58. The van der Waals surface area contributed by atoms with Crippen molar-refractivity contribution in [2.45, 2.75) is 27.2 Å². The lowest BCUT2D eigenvalue weighted by Gasteiger charge is -2.05. The van der Waals surface area contributed by atoms with E-state index in [1.165, 1.54) is 6.07 Å². The highest BCUT2D eigenvalue weighted by atomic mass is 16.1. The fourth-order valence-corrected chi connectivity index (χ4v) is 1.65. The number of H-pyrrole nitrogens is 1. The van der Waals surface area contributed by atoms with Crippen molar-refractivity contribution in [1.29, 1.82) is 0 Å². The van der Waals surface area contributed by atoms with Gasteiger partial charge in [0.2, 0.25) is 0 Å². The fraction of sp³-hybridized carbons (Fsp3) is 0.385. The Hall–Kier alpha value is -2.04. The van der Waals surface area contributed by atoms with Crippen LogP contribution in [0.4, 0.5) is 0 Å². The lowest BCUT2D eigenvalue weighted by molar-refractivity contribution is 0.633. The maximum Gasteiger partial charge on any atom is 0.251 e. The number of hydrogen-bond donors (Lipinski definition) is 1. The molecule has 1 N–H and O–H groups in total. The van der Waals surface area contributed by atoms with Gasteiger partial charge in [-0.15, -0.1) is 0 Å². The third-order valence-electron chi connectivity index (χ3n) is 2.40. The molecule has 0 aliphatic carbocycles. The zero-order valence-electron chi connectivity index (χ0n) is 10.8. The Balaban J connectivity index is 2.41. The van der Waals surface area contributed by atoms with Gasteiger partial charge in [-0.3, -0.25) is 4.79 Å². The number of rotatable bonds is 3. The maximum absolute atomic E-state index is 11.6. The Morgan fingerprint density at radius 3 is 2.56 bits per heavy atom. The highest BCUT2D eigenvalue weighted by molar-refractivity contribution is 5.42. The number of aromatic amines is 1. The van der Waals surface area contributed by atoms with Gasteiger partial charge >= 0.3 is 0 Å². The molecule has 0 spiro atoms. The van der Waals surface area contributed by atoms with E-state index in [0.29, 0.717) is 17.6 Å². The lowest BCUT2D eigenvalue weighted by Crippen LogP contribution is -2.12. The van der Waals surface area contributed by atoms with Gasteiger partial charge in [0.25, 0.3) is 5.56 Å². The maximum atomic E-state index is 11.6. The number of aromatic nitrogens is 4. The quantitative estimate of drug-likeness (QED) is 0.892. The van der Waals surface area contributed by atoms with E-state index >= 15 is 0 Å². The minimum Gasteiger partial charge on any atom is -0.304 e. The highest BCUT2D eigenvalue weighted by Gasteiger charge is 2.07. The molecular weight excluding hydrogens is 228 g/mol. The molecule has 0 fully saturated rings. The zero-order chi connectivity index (χ0) is 13.1. The van der Waals surface area contributed by atoms with Crippen molar-refractivity contribution in [3.05, 3.63) is 40.1 Å². The van der Waals surface area contributed by atoms with Crippen molar-refractivity contribution in [3.63, 3.8) is 0 Å². The summed E-state index contributed by atoms with van der Waals surface area (Å²) in [5.74, 6) is 1.33. The number of aryl methyl sites for hydroxylation is 1. The average Bonchev–Trinajstić information content (AvgIpc) is 2.28. The van der Waals surface area contributed by atoms with E-state index < -0.39 is 0 Å². The summed E-state index contributed by atoms with van der Waals surface area (Å²) in [5, 5.41) is 0. The summed E-state index contributed by atoms with van der Waals surface area (Å²) < 4.78 is 0. The van der Waals surface area contributed by atoms with Crippen molar-refractivity contribution in [1.82, 2.24) is 19.9 Å². The Morgan fingerprint density at radius 1 is 1.28 bits per heavy atom. The van der Waals surface area contributed by atoms with E-state index in [9.17, 15) is 4.79 Å². The van der Waals surface area contributed by atoms with Crippen molar-refractivity contribution in [2.75, 3.05) is 0 Å². The largest absolute Gasteiger partial charge is 0.304 e. The molecule has 2 rings (SSSR count). The molecule has 5 heteroatoms. The molecule has 2 aromatic heterocycles. The first-order valence-electron chi connectivity index (χ1n) is 5.94. The molecular formula is C13H16N4O. The Kier molecular flexibility index (Phi) is 3.50. The van der Waals surface area contributed by atoms with Crippen molar-refractivity contribution >= 4 is 0 Å². The van der Waals surface area contributed by atoms with Crippen LogP contribution in [0.5, 0.6) is 0 Å². The van der Waals surface area contributed by atoms with Crippen LogP contribution < -0.4 is 5.56 Å².